The minimum absolute atomic E-state index is 0.208. The maximum atomic E-state index is 14.6. The van der Waals surface area contributed by atoms with Crippen LogP contribution in [0.1, 0.15) is 43.6 Å². The molecular weight excluding hydrogens is 391 g/mol. The summed E-state index contributed by atoms with van der Waals surface area (Å²) in [7, 11) is 0. The fraction of sp³-hybridized carbons (Fsp3) is 0.476. The van der Waals surface area contributed by atoms with E-state index in [2.05, 4.69) is 26.3 Å². The second-order valence-electron chi connectivity index (χ2n) is 7.78. The van der Waals surface area contributed by atoms with Crippen molar-refractivity contribution >= 4 is 27.5 Å². The Kier molecular flexibility index (Phi) is 5.15. The third-order valence-corrected chi connectivity index (χ3v) is 7.04. The molecule has 1 aliphatic heterocycles. The monoisotopic (exact) mass is 414 g/mol. The second-order valence-corrected chi connectivity index (χ2v) is 8.83. The Morgan fingerprint density at radius 1 is 1.21 bits per heavy atom. The molecule has 5 rings (SSSR count). The summed E-state index contributed by atoms with van der Waals surface area (Å²) < 4.78 is 21.0. The average molecular weight is 415 g/mol. The van der Waals surface area contributed by atoms with Crippen molar-refractivity contribution in [2.24, 2.45) is 0 Å². The van der Waals surface area contributed by atoms with Gasteiger partial charge in [0, 0.05) is 12.8 Å². The number of pyridine rings is 1. The molecule has 0 unspecified atom stereocenters. The highest BCUT2D eigenvalue weighted by Gasteiger charge is 2.25. The highest BCUT2D eigenvalue weighted by atomic mass is 32.1. The minimum Gasteiger partial charge on any atom is -0.389 e. The number of aromatic nitrogens is 3. The quantitative estimate of drug-likeness (QED) is 0.669. The van der Waals surface area contributed by atoms with E-state index >= 15 is 0 Å². The van der Waals surface area contributed by atoms with Gasteiger partial charge in [-0.3, -0.25) is 4.98 Å². The van der Waals surface area contributed by atoms with E-state index in [1.54, 1.807) is 11.3 Å². The van der Waals surface area contributed by atoms with Crippen LogP contribution in [0, 0.1) is 5.82 Å². The van der Waals surface area contributed by atoms with Gasteiger partial charge in [0.15, 0.2) is 5.82 Å². The molecule has 0 aromatic carbocycles. The van der Waals surface area contributed by atoms with Gasteiger partial charge in [-0.25, -0.2) is 14.4 Å². The number of hydrogen-bond acceptors (Lipinski definition) is 7. The molecule has 2 N–H and O–H groups in total. The summed E-state index contributed by atoms with van der Waals surface area (Å²) in [6.45, 7) is 0.840. The molecule has 3 aromatic rings. The summed E-state index contributed by atoms with van der Waals surface area (Å²) in [5, 5.41) is 13.2. The summed E-state index contributed by atoms with van der Waals surface area (Å²) >= 11 is 1.54. The number of halogens is 1. The maximum Gasteiger partial charge on any atom is 0.223 e. The van der Waals surface area contributed by atoms with E-state index in [0.717, 1.165) is 15.1 Å². The predicted octanol–water partition coefficient (Wildman–Crippen LogP) is 4.11. The molecule has 0 radical (unpaired) electrons. The number of anilines is 1. The fourth-order valence-corrected chi connectivity index (χ4v) is 5.50. The van der Waals surface area contributed by atoms with Crippen LogP contribution in [0.15, 0.2) is 24.5 Å². The lowest BCUT2D eigenvalue weighted by Crippen LogP contribution is -2.42. The number of hydrogen-bond donors (Lipinski definition) is 2. The van der Waals surface area contributed by atoms with Crippen molar-refractivity contribution in [3.63, 3.8) is 0 Å². The normalized spacial score (nSPS) is 23.0. The van der Waals surface area contributed by atoms with E-state index in [0.29, 0.717) is 24.9 Å². The van der Waals surface area contributed by atoms with Crippen molar-refractivity contribution in [3.8, 4) is 10.6 Å². The molecule has 1 saturated carbocycles. The molecule has 6 nitrogen and oxygen atoms in total. The van der Waals surface area contributed by atoms with Crippen molar-refractivity contribution in [2.45, 2.75) is 50.2 Å². The lowest BCUT2D eigenvalue weighted by Gasteiger charge is -2.28. The van der Waals surface area contributed by atoms with Crippen molar-refractivity contribution in [1.29, 1.82) is 0 Å². The molecule has 2 aliphatic rings. The Morgan fingerprint density at radius 2 is 2.07 bits per heavy atom. The van der Waals surface area contributed by atoms with Crippen LogP contribution in [0.4, 0.5) is 10.3 Å². The van der Waals surface area contributed by atoms with Gasteiger partial charge >= 0.3 is 0 Å². The summed E-state index contributed by atoms with van der Waals surface area (Å²) in [6.07, 6.45) is 7.98. The summed E-state index contributed by atoms with van der Waals surface area (Å²) in [6, 6.07) is 3.81. The zero-order valence-electron chi connectivity index (χ0n) is 16.0. The van der Waals surface area contributed by atoms with E-state index in [9.17, 15) is 9.50 Å². The molecule has 3 aromatic heterocycles. The molecule has 2 atom stereocenters. The van der Waals surface area contributed by atoms with Crippen LogP contribution in [0.25, 0.3) is 20.8 Å². The summed E-state index contributed by atoms with van der Waals surface area (Å²) in [5.41, 5.74) is 2.48. The van der Waals surface area contributed by atoms with Gasteiger partial charge in [-0.1, -0.05) is 12.8 Å². The van der Waals surface area contributed by atoms with E-state index < -0.39 is 11.9 Å². The number of nitrogens with zero attached hydrogens (tertiary/aromatic N) is 3. The largest absolute Gasteiger partial charge is 0.389 e. The summed E-state index contributed by atoms with van der Waals surface area (Å²) in [5.74, 6) is 0.417. The van der Waals surface area contributed by atoms with Crippen LogP contribution in [0.3, 0.4) is 0 Å². The van der Waals surface area contributed by atoms with Gasteiger partial charge in [0.2, 0.25) is 5.95 Å². The van der Waals surface area contributed by atoms with Gasteiger partial charge in [0.25, 0.3) is 0 Å². The van der Waals surface area contributed by atoms with Gasteiger partial charge in [-0.2, -0.15) is 0 Å². The lowest BCUT2D eigenvalue weighted by atomic mass is 9.98. The second kappa shape index (κ2) is 7.93. The van der Waals surface area contributed by atoms with Crippen LogP contribution in [-0.4, -0.2) is 45.4 Å². The molecule has 1 saturated heterocycles. The van der Waals surface area contributed by atoms with E-state index in [1.807, 2.05) is 12.3 Å². The zero-order valence-corrected chi connectivity index (χ0v) is 16.8. The molecule has 29 heavy (non-hydrogen) atoms. The van der Waals surface area contributed by atoms with E-state index in [4.69, 9.17) is 4.74 Å². The number of nitrogens with one attached hydrogen (secondary N) is 1. The van der Waals surface area contributed by atoms with Crippen molar-refractivity contribution in [1.82, 2.24) is 15.0 Å². The van der Waals surface area contributed by atoms with E-state index in [-0.39, 0.29) is 18.3 Å². The number of aliphatic hydroxyl groups is 1. The highest BCUT2D eigenvalue weighted by Crippen LogP contribution is 2.42. The SMILES string of the molecule is O[C@@H]1COCC[C@H]1Nc1ncc(F)c(-c2cc3nccc(C4CCCC4)c3s2)n1. The zero-order chi connectivity index (χ0) is 19.8. The van der Waals surface area contributed by atoms with Gasteiger partial charge in [-0.05, 0) is 42.9 Å². The number of fused-ring (bicyclic) bond motifs is 1. The number of thiophene rings is 1. The molecule has 1 aliphatic carbocycles. The smallest absolute Gasteiger partial charge is 0.223 e. The van der Waals surface area contributed by atoms with Crippen LogP contribution >= 0.6 is 11.3 Å². The summed E-state index contributed by atoms with van der Waals surface area (Å²) in [4.78, 5) is 13.7. The topological polar surface area (TPSA) is 80.2 Å². The first-order valence-electron chi connectivity index (χ1n) is 10.1. The third-order valence-electron chi connectivity index (χ3n) is 5.86. The van der Waals surface area contributed by atoms with Crippen LogP contribution in [0.5, 0.6) is 0 Å². The first kappa shape index (κ1) is 18.8. The lowest BCUT2D eigenvalue weighted by molar-refractivity contribution is -0.0136. The average Bonchev–Trinajstić information content (AvgIpc) is 3.40. The molecule has 8 heteroatoms. The highest BCUT2D eigenvalue weighted by molar-refractivity contribution is 7.22. The number of rotatable bonds is 4. The fourth-order valence-electron chi connectivity index (χ4n) is 4.30. The maximum absolute atomic E-state index is 14.6. The Hall–Kier alpha value is -2.16. The molecule has 2 fully saturated rings. The molecule has 152 valence electrons. The van der Waals surface area contributed by atoms with E-state index in [1.165, 1.54) is 37.4 Å². The van der Waals surface area contributed by atoms with Gasteiger partial charge < -0.3 is 15.2 Å². The van der Waals surface area contributed by atoms with Gasteiger partial charge in [0.1, 0.15) is 5.69 Å². The van der Waals surface area contributed by atoms with Gasteiger partial charge in [-0.15, -0.1) is 11.3 Å². The standard InChI is InChI=1S/C21H23FN4O2S/c22-14-10-24-21(25-15-6-8-28-11-17(15)27)26-19(14)18-9-16-20(29-18)13(5-7-23-16)12-3-1-2-4-12/h5,7,9-10,12,15,17,27H,1-4,6,8,11H2,(H,24,25,26)/t15-,17-/m1/s1. The molecule has 0 bridgehead atoms. The van der Waals surface area contributed by atoms with Crippen molar-refractivity contribution < 1.29 is 14.2 Å². The Balaban J connectivity index is 1.48. The minimum atomic E-state index is -0.636. The predicted molar refractivity (Wildman–Crippen MR) is 111 cm³/mol. The van der Waals surface area contributed by atoms with Crippen molar-refractivity contribution in [2.75, 3.05) is 18.5 Å². The molecular formula is C21H23FN4O2S. The first-order chi connectivity index (χ1) is 14.2. The van der Waals surface area contributed by atoms with Gasteiger partial charge in [0.05, 0.1) is 40.0 Å². The molecule has 4 heterocycles. The third kappa shape index (κ3) is 3.72. The van der Waals surface area contributed by atoms with Crippen LogP contribution in [0.2, 0.25) is 0 Å². The molecule has 0 spiro atoms. The van der Waals surface area contributed by atoms with Crippen LogP contribution < -0.4 is 5.32 Å². The van der Waals surface area contributed by atoms with Crippen molar-refractivity contribution in [3.05, 3.63) is 35.9 Å². The Labute approximate surface area is 172 Å². The Morgan fingerprint density at radius 3 is 2.90 bits per heavy atom. The number of aliphatic hydroxyl groups excluding tert-OH is 1. The number of ether oxygens (including phenoxy) is 1. The Bertz CT molecular complexity index is 1020. The molecule has 0 amide bonds. The first-order valence-corrected chi connectivity index (χ1v) is 10.9. The van der Waals surface area contributed by atoms with Crippen LogP contribution in [-0.2, 0) is 4.74 Å².